The summed E-state index contributed by atoms with van der Waals surface area (Å²) in [4.78, 5) is 81.5. The lowest BCUT2D eigenvalue weighted by Gasteiger charge is -2.39. The molecular formula is C66H74ClN11O9S. The molecule has 1 atom stereocenters. The fraction of sp³-hybridized carbons (Fsp3) is 0.409. The summed E-state index contributed by atoms with van der Waals surface area (Å²) >= 11 is 6.28. The van der Waals surface area contributed by atoms with Crippen LogP contribution < -0.4 is 25.0 Å². The summed E-state index contributed by atoms with van der Waals surface area (Å²) in [6, 6.07) is 25.3. The molecule has 20 nitrogen and oxygen atoms in total. The van der Waals surface area contributed by atoms with Crippen LogP contribution in [0.3, 0.4) is 0 Å². The Balaban J connectivity index is 0.662. The molecule has 88 heavy (non-hydrogen) atoms. The second kappa shape index (κ2) is 26.7. The molecule has 22 heteroatoms. The van der Waals surface area contributed by atoms with E-state index >= 15 is 0 Å². The van der Waals surface area contributed by atoms with E-state index in [0.29, 0.717) is 49.4 Å². The first-order valence-electron chi connectivity index (χ1n) is 30.3. The van der Waals surface area contributed by atoms with E-state index in [0.717, 1.165) is 124 Å². The average Bonchev–Trinajstić information content (AvgIpc) is 2.15. The number of allylic oxidation sites excluding steroid dienone is 1. The molecule has 2 aromatic heterocycles. The number of pyridine rings is 1. The van der Waals surface area contributed by atoms with Crippen LogP contribution in [-0.4, -0.2) is 152 Å². The maximum absolute atomic E-state index is 14.2. The highest BCUT2D eigenvalue weighted by molar-refractivity contribution is 7.90. The first kappa shape index (κ1) is 61.5. The molecule has 6 aromatic rings. The number of benzene rings is 4. The Morgan fingerprint density at radius 2 is 1.73 bits per heavy atom. The number of nitrogens with one attached hydrogen (secondary N) is 4. The highest BCUT2D eigenvalue weighted by Gasteiger charge is 2.40. The predicted octanol–water partition coefficient (Wildman–Crippen LogP) is 9.47. The van der Waals surface area contributed by atoms with Crippen molar-refractivity contribution in [3.63, 3.8) is 0 Å². The third-order valence-corrected chi connectivity index (χ3v) is 19.4. The number of likely N-dealkylation sites (tertiary alicyclic amines) is 1. The fourth-order valence-electron chi connectivity index (χ4n) is 12.6. The van der Waals surface area contributed by atoms with E-state index in [4.69, 9.17) is 16.3 Å². The number of unbranched alkanes of at least 4 members (excludes halogenated alkanes) is 1. The molecule has 0 radical (unpaired) electrons. The number of carbonyl (C=O) groups excluding carboxylic acids is 4. The number of carbonyl (C=O) groups is 4. The van der Waals surface area contributed by atoms with Crippen molar-refractivity contribution in [1.82, 2.24) is 39.6 Å². The van der Waals surface area contributed by atoms with Crippen LogP contribution in [-0.2, 0) is 26.2 Å². The summed E-state index contributed by atoms with van der Waals surface area (Å²) in [6.45, 7) is 13.6. The molecule has 4 amide bonds. The quantitative estimate of drug-likeness (QED) is 0.0183. The third-order valence-electron chi connectivity index (χ3n) is 17.8. The summed E-state index contributed by atoms with van der Waals surface area (Å²) in [6.07, 6.45) is 10.2. The number of halogens is 1. The van der Waals surface area contributed by atoms with Gasteiger partial charge in [0.1, 0.15) is 28.9 Å². The van der Waals surface area contributed by atoms with Crippen LogP contribution in [0.25, 0.3) is 16.6 Å². The molecule has 11 rings (SSSR count). The molecule has 6 heterocycles. The number of piperidine rings is 2. The largest absolute Gasteiger partial charge is 0.455 e. The number of hydrogen-bond donors (Lipinski definition) is 4. The van der Waals surface area contributed by atoms with E-state index in [1.54, 1.807) is 41.4 Å². The summed E-state index contributed by atoms with van der Waals surface area (Å²) < 4.78 is 36.5. The topological polar surface area (TPSA) is 236 Å². The van der Waals surface area contributed by atoms with Gasteiger partial charge in [-0.15, -0.1) is 0 Å². The third kappa shape index (κ3) is 14.5. The molecular weight excluding hydrogens is 1160 g/mol. The van der Waals surface area contributed by atoms with Gasteiger partial charge in [-0.05, 0) is 160 Å². The van der Waals surface area contributed by atoms with E-state index in [1.165, 1.54) is 35.0 Å². The smallest absolute Gasteiger partial charge is 0.293 e. The molecule has 0 bridgehead atoms. The number of aromatic amines is 1. The monoisotopic (exact) mass is 1230 g/mol. The minimum Gasteiger partial charge on any atom is -0.455 e. The average molecular weight is 1230 g/mol. The van der Waals surface area contributed by atoms with Crippen LogP contribution in [0.5, 0.6) is 11.5 Å². The number of fused-ring (bicyclic) bond motifs is 2. The Morgan fingerprint density at radius 3 is 2.50 bits per heavy atom. The van der Waals surface area contributed by atoms with Crippen molar-refractivity contribution in [2.75, 3.05) is 89.3 Å². The number of nitrogens with zero attached hydrogens (tertiary/aromatic N) is 7. The van der Waals surface area contributed by atoms with Crippen LogP contribution >= 0.6 is 11.6 Å². The number of aromatic nitrogens is 2. The molecule has 1 aliphatic carbocycles. The first-order valence-corrected chi connectivity index (χ1v) is 32.1. The van der Waals surface area contributed by atoms with Crippen molar-refractivity contribution >= 4 is 78.9 Å². The number of amides is 4. The standard InChI is InChI=1S/C66H74ClN11O9S/c1-66(2)25-21-48(55(39-66)46-11-13-49(67)14-12-46)42-75-32-34-76(35-33-75)50-15-17-54(60(37-50)87-51-36-47-22-26-68-62(47)70-41-51)63(80)72-88(85,86)52-16-18-57(59(38-52)78(83)84)69-40-44-23-28-74(29-24-44)31-30-73(3)27-6-4-5-8-45-9-7-10-53-56(45)43-77(65(53)82)58-19-20-61(79)71-64(58)81/h7,9-18,22,26,36-38,41,44,58,69H,4,6,19-21,23-25,27-35,39-40,42-43H2,1-3H3,(H,68,70)(H,72,80)(H,71,79,81). The van der Waals surface area contributed by atoms with Crippen LogP contribution in [0.1, 0.15) is 109 Å². The molecule has 4 aliphatic heterocycles. The maximum Gasteiger partial charge on any atom is 0.293 e. The molecule has 3 saturated heterocycles. The second-order valence-corrected chi connectivity index (χ2v) is 26.7. The Labute approximate surface area is 518 Å². The molecule has 4 aromatic carbocycles. The zero-order valence-electron chi connectivity index (χ0n) is 49.9. The van der Waals surface area contributed by atoms with E-state index in [2.05, 4.69) is 89.8 Å². The van der Waals surface area contributed by atoms with Crippen molar-refractivity contribution < 1.29 is 37.3 Å². The Kier molecular flexibility index (Phi) is 18.7. The fourth-order valence-corrected chi connectivity index (χ4v) is 13.7. The zero-order valence-corrected chi connectivity index (χ0v) is 51.5. The van der Waals surface area contributed by atoms with Gasteiger partial charge in [0.2, 0.25) is 11.8 Å². The maximum atomic E-state index is 14.2. The highest BCUT2D eigenvalue weighted by Crippen LogP contribution is 2.44. The van der Waals surface area contributed by atoms with Crippen molar-refractivity contribution in [1.29, 1.82) is 0 Å². The van der Waals surface area contributed by atoms with Gasteiger partial charge in [-0.1, -0.05) is 61.1 Å². The van der Waals surface area contributed by atoms with Crippen LogP contribution in [0.4, 0.5) is 17.1 Å². The van der Waals surface area contributed by atoms with Crippen LogP contribution in [0, 0.1) is 33.3 Å². The number of nitro benzene ring substituents is 1. The Hall–Kier alpha value is -8.13. The minimum atomic E-state index is -4.62. The van der Waals surface area contributed by atoms with Gasteiger partial charge in [0, 0.05) is 117 Å². The summed E-state index contributed by atoms with van der Waals surface area (Å²) in [5.41, 5.74) is 7.57. The number of anilines is 2. The van der Waals surface area contributed by atoms with Gasteiger partial charge in [0.15, 0.2) is 0 Å². The molecule has 1 unspecified atom stereocenters. The van der Waals surface area contributed by atoms with Gasteiger partial charge in [-0.3, -0.25) is 39.5 Å². The van der Waals surface area contributed by atoms with Gasteiger partial charge in [-0.25, -0.2) is 18.1 Å². The van der Waals surface area contributed by atoms with Gasteiger partial charge in [-0.2, -0.15) is 0 Å². The van der Waals surface area contributed by atoms with E-state index < -0.39 is 43.4 Å². The van der Waals surface area contributed by atoms with Crippen molar-refractivity contribution in [2.24, 2.45) is 11.3 Å². The Morgan fingerprint density at radius 1 is 0.932 bits per heavy atom. The van der Waals surface area contributed by atoms with E-state index in [1.807, 2.05) is 30.3 Å². The molecule has 4 N–H and O–H groups in total. The number of piperazine rings is 1. The summed E-state index contributed by atoms with van der Waals surface area (Å²) in [7, 11) is -2.53. The van der Waals surface area contributed by atoms with Gasteiger partial charge >= 0.3 is 0 Å². The van der Waals surface area contributed by atoms with Crippen molar-refractivity contribution in [3.8, 4) is 23.3 Å². The first-order chi connectivity index (χ1) is 42.3. The minimum absolute atomic E-state index is 0.0524. The summed E-state index contributed by atoms with van der Waals surface area (Å²) in [5, 5.41) is 19.6. The molecule has 3 fully saturated rings. The van der Waals surface area contributed by atoms with Gasteiger partial charge in [0.25, 0.3) is 27.5 Å². The zero-order chi connectivity index (χ0) is 61.7. The number of sulfonamides is 1. The normalized spacial score (nSPS) is 18.5. The molecule has 5 aliphatic rings. The van der Waals surface area contributed by atoms with E-state index in [9.17, 15) is 37.7 Å². The highest BCUT2D eigenvalue weighted by atomic mass is 35.5. The van der Waals surface area contributed by atoms with Crippen molar-refractivity contribution in [2.45, 2.75) is 89.1 Å². The van der Waals surface area contributed by atoms with Crippen LogP contribution in [0.2, 0.25) is 5.02 Å². The second-order valence-electron chi connectivity index (χ2n) is 24.5. The Bertz CT molecular complexity index is 3860. The van der Waals surface area contributed by atoms with Gasteiger partial charge < -0.3 is 34.6 Å². The lowest BCUT2D eigenvalue weighted by atomic mass is 9.72. The molecule has 460 valence electrons. The van der Waals surface area contributed by atoms with E-state index in [-0.39, 0.29) is 53.1 Å². The predicted molar refractivity (Wildman–Crippen MR) is 339 cm³/mol. The molecule has 0 saturated carbocycles. The number of nitro groups is 1. The SMILES string of the molecule is CN(CCCC#Cc1cccc2c1CN(C1CCC(=O)NC1=O)C2=O)CCN1CCC(CNc2ccc(S(=O)(=O)NC(=O)c3ccc(N4CCN(CC5=C(c6ccc(Cl)cc6)CC(C)(C)CC5)CC4)cc3Oc3cnc4[nH]ccc4c3)cc2[N+](=O)[O-])CC1. The number of ether oxygens (including phenoxy) is 1. The number of rotatable bonds is 20. The van der Waals surface area contributed by atoms with Crippen molar-refractivity contribution in [3.05, 3.63) is 152 Å². The number of hydrogen-bond acceptors (Lipinski definition) is 15. The lowest BCUT2D eigenvalue weighted by molar-refractivity contribution is -0.384. The van der Waals surface area contributed by atoms with Crippen LogP contribution in [0.15, 0.2) is 114 Å². The summed E-state index contributed by atoms with van der Waals surface area (Å²) in [5.74, 6) is 5.27. The van der Waals surface area contributed by atoms with Gasteiger partial charge in [0.05, 0.1) is 21.6 Å². The number of H-pyrrole nitrogens is 1. The molecule has 0 spiro atoms. The lowest BCUT2D eigenvalue weighted by Crippen LogP contribution is -2.52. The number of likely N-dealkylation sites (N-methyl/N-ethyl adjacent to an activating group) is 1. The number of imide groups is 1.